The number of hydrogen-bond donors (Lipinski definition) is 2. The number of rotatable bonds is 4. The fourth-order valence-electron chi connectivity index (χ4n) is 1.82. The molecule has 0 fully saturated rings. The van der Waals surface area contributed by atoms with Crippen molar-refractivity contribution >= 4 is 0 Å². The highest BCUT2D eigenvalue weighted by Gasteiger charge is 2.19. The minimum atomic E-state index is -0.359. The van der Waals surface area contributed by atoms with Crippen molar-refractivity contribution in [3.63, 3.8) is 0 Å². The summed E-state index contributed by atoms with van der Waals surface area (Å²) in [6.45, 7) is 3.20. The molecule has 1 aromatic rings. The van der Waals surface area contributed by atoms with Crippen LogP contribution in [0.15, 0.2) is 0 Å². The highest BCUT2D eigenvalue weighted by Crippen LogP contribution is 2.38. The number of phenolic OH excluding ortho intramolecular Hbond substituents is 1. The maximum atomic E-state index is 13.8. The molecule has 4 heteroatoms. The van der Waals surface area contributed by atoms with Gasteiger partial charge >= 0.3 is 0 Å². The summed E-state index contributed by atoms with van der Waals surface area (Å²) < 4.78 is 18.8. The first-order valence-corrected chi connectivity index (χ1v) is 5.19. The highest BCUT2D eigenvalue weighted by atomic mass is 19.1. The Bertz CT molecular complexity index is 389. The Morgan fingerprint density at radius 2 is 1.88 bits per heavy atom. The maximum absolute atomic E-state index is 13.8. The number of hydrogen-bond acceptors (Lipinski definition) is 3. The second-order valence-electron chi connectivity index (χ2n) is 3.75. The first kappa shape index (κ1) is 12.8. The molecule has 0 amide bonds. The molecule has 16 heavy (non-hydrogen) atoms. The van der Waals surface area contributed by atoms with Crippen LogP contribution in [0.3, 0.4) is 0 Å². The summed E-state index contributed by atoms with van der Waals surface area (Å²) >= 11 is 0. The second kappa shape index (κ2) is 5.16. The molecule has 0 aliphatic heterocycles. The summed E-state index contributed by atoms with van der Waals surface area (Å²) in [5.41, 5.74) is 1.24. The number of phenols is 1. The fraction of sp³-hybridized carbons (Fsp3) is 0.500. The van der Waals surface area contributed by atoms with Gasteiger partial charge < -0.3 is 14.9 Å². The van der Waals surface area contributed by atoms with Crippen molar-refractivity contribution in [3.8, 4) is 11.5 Å². The SMILES string of the molecule is COc1c(C)c(F)c(C)c(CCCO)c1O. The third kappa shape index (κ3) is 2.11. The lowest BCUT2D eigenvalue weighted by Gasteiger charge is -2.15. The molecular formula is C12H17FO3. The smallest absolute Gasteiger partial charge is 0.166 e. The average molecular weight is 228 g/mol. The molecule has 1 aromatic carbocycles. The van der Waals surface area contributed by atoms with Crippen LogP contribution in [0.5, 0.6) is 11.5 Å². The summed E-state index contributed by atoms with van der Waals surface area (Å²) in [5, 5.41) is 18.7. The molecule has 0 aromatic heterocycles. The van der Waals surface area contributed by atoms with Gasteiger partial charge in [-0.15, -0.1) is 0 Å². The predicted octanol–water partition coefficient (Wildman–Crippen LogP) is 2.08. The van der Waals surface area contributed by atoms with E-state index in [4.69, 9.17) is 9.84 Å². The zero-order chi connectivity index (χ0) is 12.3. The first-order chi connectivity index (χ1) is 7.54. The van der Waals surface area contributed by atoms with E-state index >= 15 is 0 Å². The molecule has 0 radical (unpaired) electrons. The third-order valence-electron chi connectivity index (χ3n) is 2.74. The minimum Gasteiger partial charge on any atom is -0.504 e. The summed E-state index contributed by atoms with van der Waals surface area (Å²) in [6, 6.07) is 0. The number of aromatic hydroxyl groups is 1. The van der Waals surface area contributed by atoms with E-state index in [1.165, 1.54) is 7.11 Å². The van der Waals surface area contributed by atoms with Crippen molar-refractivity contribution in [3.05, 3.63) is 22.5 Å². The van der Waals surface area contributed by atoms with Crippen molar-refractivity contribution in [1.29, 1.82) is 0 Å². The van der Waals surface area contributed by atoms with Crippen LogP contribution >= 0.6 is 0 Å². The van der Waals surface area contributed by atoms with Gasteiger partial charge in [-0.1, -0.05) is 0 Å². The van der Waals surface area contributed by atoms with E-state index in [0.717, 1.165) is 0 Å². The Morgan fingerprint density at radius 1 is 1.25 bits per heavy atom. The number of benzene rings is 1. The number of aliphatic hydroxyl groups is 1. The van der Waals surface area contributed by atoms with Crippen molar-refractivity contribution in [2.75, 3.05) is 13.7 Å². The molecule has 0 saturated carbocycles. The van der Waals surface area contributed by atoms with E-state index in [2.05, 4.69) is 0 Å². The zero-order valence-electron chi connectivity index (χ0n) is 9.80. The van der Waals surface area contributed by atoms with E-state index in [1.54, 1.807) is 13.8 Å². The Labute approximate surface area is 94.5 Å². The van der Waals surface area contributed by atoms with E-state index in [-0.39, 0.29) is 23.9 Å². The van der Waals surface area contributed by atoms with Gasteiger partial charge in [-0.05, 0) is 32.3 Å². The average Bonchev–Trinajstić information content (AvgIpc) is 2.27. The van der Waals surface area contributed by atoms with Gasteiger partial charge in [-0.3, -0.25) is 0 Å². The highest BCUT2D eigenvalue weighted by molar-refractivity contribution is 5.55. The number of ether oxygens (including phenoxy) is 1. The van der Waals surface area contributed by atoms with Crippen LogP contribution in [0.25, 0.3) is 0 Å². The Balaban J connectivity index is 3.31. The van der Waals surface area contributed by atoms with Crippen molar-refractivity contribution in [2.45, 2.75) is 26.7 Å². The largest absolute Gasteiger partial charge is 0.504 e. The lowest BCUT2D eigenvalue weighted by molar-refractivity contribution is 0.287. The maximum Gasteiger partial charge on any atom is 0.166 e. The summed E-state index contributed by atoms with van der Waals surface area (Å²) in [5.74, 6) is -0.203. The Hall–Kier alpha value is -1.29. The molecule has 3 nitrogen and oxygen atoms in total. The second-order valence-corrected chi connectivity index (χ2v) is 3.75. The molecule has 0 spiro atoms. The zero-order valence-corrected chi connectivity index (χ0v) is 9.80. The number of aliphatic hydroxyl groups excluding tert-OH is 1. The van der Waals surface area contributed by atoms with E-state index in [9.17, 15) is 9.50 Å². The van der Waals surface area contributed by atoms with Gasteiger partial charge in [0.15, 0.2) is 11.5 Å². The Morgan fingerprint density at radius 3 is 2.38 bits per heavy atom. The molecule has 0 unspecified atom stereocenters. The molecule has 0 atom stereocenters. The number of halogens is 1. The first-order valence-electron chi connectivity index (χ1n) is 5.19. The van der Waals surface area contributed by atoms with Gasteiger partial charge in [0.2, 0.25) is 0 Å². The quantitative estimate of drug-likeness (QED) is 0.829. The van der Waals surface area contributed by atoms with Crippen LogP contribution in [0.4, 0.5) is 4.39 Å². The Kier molecular flexibility index (Phi) is 4.12. The van der Waals surface area contributed by atoms with Crippen molar-refractivity contribution < 1.29 is 19.3 Å². The lowest BCUT2D eigenvalue weighted by Crippen LogP contribution is -2.02. The molecule has 0 aliphatic carbocycles. The number of methoxy groups -OCH3 is 1. The molecule has 0 aliphatic rings. The normalized spacial score (nSPS) is 10.6. The van der Waals surface area contributed by atoms with Crippen molar-refractivity contribution in [1.82, 2.24) is 0 Å². The van der Waals surface area contributed by atoms with Crippen LogP contribution < -0.4 is 4.74 Å². The van der Waals surface area contributed by atoms with E-state index in [0.29, 0.717) is 29.5 Å². The van der Waals surface area contributed by atoms with Crippen LogP contribution in [-0.2, 0) is 6.42 Å². The van der Waals surface area contributed by atoms with Crippen LogP contribution in [0.1, 0.15) is 23.1 Å². The minimum absolute atomic E-state index is 0.0106. The lowest BCUT2D eigenvalue weighted by atomic mass is 9.98. The van der Waals surface area contributed by atoms with Crippen LogP contribution in [0.2, 0.25) is 0 Å². The van der Waals surface area contributed by atoms with Gasteiger partial charge in [-0.2, -0.15) is 0 Å². The molecule has 0 heterocycles. The van der Waals surface area contributed by atoms with Crippen LogP contribution in [0, 0.1) is 19.7 Å². The fourth-order valence-corrected chi connectivity index (χ4v) is 1.82. The van der Waals surface area contributed by atoms with Gasteiger partial charge in [0.05, 0.1) is 7.11 Å². The molecular weight excluding hydrogens is 211 g/mol. The van der Waals surface area contributed by atoms with Gasteiger partial charge in [-0.25, -0.2) is 4.39 Å². The molecule has 1 rings (SSSR count). The van der Waals surface area contributed by atoms with Gasteiger partial charge in [0.25, 0.3) is 0 Å². The van der Waals surface area contributed by atoms with Crippen LogP contribution in [-0.4, -0.2) is 23.9 Å². The van der Waals surface area contributed by atoms with E-state index < -0.39 is 0 Å². The van der Waals surface area contributed by atoms with Crippen molar-refractivity contribution in [2.24, 2.45) is 0 Å². The predicted molar refractivity (Wildman–Crippen MR) is 59.5 cm³/mol. The third-order valence-corrected chi connectivity index (χ3v) is 2.74. The monoisotopic (exact) mass is 228 g/mol. The van der Waals surface area contributed by atoms with E-state index in [1.807, 2.05) is 0 Å². The summed E-state index contributed by atoms with van der Waals surface area (Å²) in [6.07, 6.45) is 0.918. The molecule has 0 bridgehead atoms. The van der Waals surface area contributed by atoms with Gasteiger partial charge in [0.1, 0.15) is 5.82 Å². The topological polar surface area (TPSA) is 49.7 Å². The molecule has 2 N–H and O–H groups in total. The van der Waals surface area contributed by atoms with Gasteiger partial charge in [0, 0.05) is 17.7 Å². The standard InChI is InChI=1S/C12H17FO3/c1-7-9(5-4-6-14)11(15)12(16-3)8(2)10(7)13/h14-15H,4-6H2,1-3H3. The summed E-state index contributed by atoms with van der Waals surface area (Å²) in [4.78, 5) is 0. The summed E-state index contributed by atoms with van der Waals surface area (Å²) in [7, 11) is 1.40. The molecule has 90 valence electrons. The molecule has 0 saturated heterocycles.